The number of carbonyl (C=O) groups is 1. The summed E-state index contributed by atoms with van der Waals surface area (Å²) in [5.41, 5.74) is 6.46. The van der Waals surface area contributed by atoms with Crippen LogP contribution in [0, 0.1) is 5.41 Å². The number of piperazine rings is 1. The van der Waals surface area contributed by atoms with Gasteiger partial charge in [-0.2, -0.15) is 4.31 Å². The van der Waals surface area contributed by atoms with Gasteiger partial charge in [0.25, 0.3) is 5.91 Å². The molecule has 0 radical (unpaired) electrons. The highest BCUT2D eigenvalue weighted by Crippen LogP contribution is 2.18. The second kappa shape index (κ2) is 7.27. The van der Waals surface area contributed by atoms with Crippen molar-refractivity contribution >= 4 is 21.8 Å². The molecule has 3 rings (SSSR count). The Labute approximate surface area is 152 Å². The third-order valence-electron chi connectivity index (χ3n) is 4.35. The largest absolute Gasteiger partial charge is 0.384 e. The molecule has 8 heteroatoms. The predicted molar refractivity (Wildman–Crippen MR) is 98.6 cm³/mol. The summed E-state index contributed by atoms with van der Waals surface area (Å²) in [7, 11) is -3.53. The van der Waals surface area contributed by atoms with E-state index in [2.05, 4.69) is 0 Å². The molecule has 2 aromatic rings. The van der Waals surface area contributed by atoms with Gasteiger partial charge in [-0.1, -0.05) is 30.3 Å². The first-order valence-electron chi connectivity index (χ1n) is 8.18. The Morgan fingerprint density at radius 3 is 1.96 bits per heavy atom. The van der Waals surface area contributed by atoms with Crippen molar-refractivity contribution in [3.8, 4) is 0 Å². The number of nitrogens with two attached hydrogens (primary N) is 1. The molecular formula is C18H20N4O3S. The third-order valence-corrected chi connectivity index (χ3v) is 6.26. The molecule has 3 N–H and O–H groups in total. The van der Waals surface area contributed by atoms with Crippen LogP contribution in [0.15, 0.2) is 59.5 Å². The Balaban J connectivity index is 1.66. The van der Waals surface area contributed by atoms with Crippen molar-refractivity contribution in [3.05, 3.63) is 65.7 Å². The van der Waals surface area contributed by atoms with E-state index in [1.807, 2.05) is 0 Å². The normalized spacial score (nSPS) is 15.6. The predicted octanol–water partition coefficient (Wildman–Crippen LogP) is 1.12. The molecular weight excluding hydrogens is 352 g/mol. The summed E-state index contributed by atoms with van der Waals surface area (Å²) in [5, 5.41) is 7.38. The highest BCUT2D eigenvalue weighted by Gasteiger charge is 2.30. The zero-order valence-corrected chi connectivity index (χ0v) is 14.9. The Bertz CT molecular complexity index is 903. The van der Waals surface area contributed by atoms with Crippen LogP contribution < -0.4 is 5.73 Å². The van der Waals surface area contributed by atoms with E-state index in [9.17, 15) is 13.2 Å². The summed E-state index contributed by atoms with van der Waals surface area (Å²) < 4.78 is 26.7. The molecule has 0 aromatic heterocycles. The van der Waals surface area contributed by atoms with Gasteiger partial charge in [0.1, 0.15) is 5.84 Å². The van der Waals surface area contributed by atoms with Gasteiger partial charge in [0, 0.05) is 37.3 Å². The lowest BCUT2D eigenvalue weighted by atomic mass is 10.1. The maximum atomic E-state index is 12.6. The van der Waals surface area contributed by atoms with Crippen molar-refractivity contribution in [2.45, 2.75) is 4.90 Å². The fourth-order valence-corrected chi connectivity index (χ4v) is 4.29. The number of hydrogen-bond acceptors (Lipinski definition) is 4. The van der Waals surface area contributed by atoms with E-state index in [1.54, 1.807) is 59.5 Å². The Morgan fingerprint density at radius 2 is 1.42 bits per heavy atom. The van der Waals surface area contributed by atoms with Crippen molar-refractivity contribution < 1.29 is 13.2 Å². The minimum Gasteiger partial charge on any atom is -0.384 e. The average molecular weight is 372 g/mol. The molecule has 0 saturated carbocycles. The van der Waals surface area contributed by atoms with Crippen LogP contribution in [-0.4, -0.2) is 55.5 Å². The molecule has 0 atom stereocenters. The van der Waals surface area contributed by atoms with Gasteiger partial charge in [-0.15, -0.1) is 0 Å². The van der Waals surface area contributed by atoms with E-state index in [1.165, 1.54) is 4.31 Å². The maximum absolute atomic E-state index is 12.6. The number of nitrogen functional groups attached to an aromatic ring is 1. The molecule has 26 heavy (non-hydrogen) atoms. The average Bonchev–Trinajstić information content (AvgIpc) is 2.68. The van der Waals surface area contributed by atoms with Crippen LogP contribution in [0.2, 0.25) is 0 Å². The van der Waals surface area contributed by atoms with Gasteiger partial charge >= 0.3 is 0 Å². The molecule has 0 aliphatic carbocycles. The fourth-order valence-electron chi connectivity index (χ4n) is 2.85. The Kier molecular flexibility index (Phi) is 5.06. The van der Waals surface area contributed by atoms with Gasteiger partial charge in [0.15, 0.2) is 0 Å². The Hall–Kier alpha value is -2.71. The first-order valence-corrected chi connectivity index (χ1v) is 9.62. The van der Waals surface area contributed by atoms with Gasteiger partial charge in [0.05, 0.1) is 4.90 Å². The second-order valence-corrected chi connectivity index (χ2v) is 7.94. The molecule has 7 nitrogen and oxygen atoms in total. The molecule has 1 fully saturated rings. The standard InChI is InChI=1S/C18H20N4O3S/c19-17(20)14-6-8-15(9-7-14)18(23)21-10-12-22(13-11-21)26(24,25)16-4-2-1-3-5-16/h1-9H,10-13H2,(H3,19,20). The maximum Gasteiger partial charge on any atom is 0.253 e. The van der Waals surface area contributed by atoms with Crippen LogP contribution in [-0.2, 0) is 10.0 Å². The highest BCUT2D eigenvalue weighted by atomic mass is 32.2. The zero-order valence-electron chi connectivity index (χ0n) is 14.1. The number of sulfonamides is 1. The summed E-state index contributed by atoms with van der Waals surface area (Å²) in [6.45, 7) is 1.18. The number of nitrogens with one attached hydrogen (secondary N) is 1. The fraction of sp³-hybridized carbons (Fsp3) is 0.222. The smallest absolute Gasteiger partial charge is 0.253 e. The second-order valence-electron chi connectivity index (χ2n) is 6.00. The van der Waals surface area contributed by atoms with Gasteiger partial charge in [-0.05, 0) is 24.3 Å². The monoisotopic (exact) mass is 372 g/mol. The number of nitrogens with zero attached hydrogens (tertiary/aromatic N) is 2. The van der Waals surface area contributed by atoms with Crippen molar-refractivity contribution in [1.29, 1.82) is 5.41 Å². The molecule has 1 aliphatic heterocycles. The SMILES string of the molecule is N=C(N)c1ccc(C(=O)N2CCN(S(=O)(=O)c3ccccc3)CC2)cc1. The Morgan fingerprint density at radius 1 is 0.885 bits per heavy atom. The van der Waals surface area contributed by atoms with Gasteiger partial charge in [-0.25, -0.2) is 8.42 Å². The van der Waals surface area contributed by atoms with Crippen LogP contribution in [0.25, 0.3) is 0 Å². The van der Waals surface area contributed by atoms with E-state index in [-0.39, 0.29) is 29.7 Å². The molecule has 0 unspecified atom stereocenters. The number of rotatable bonds is 4. The molecule has 0 spiro atoms. The van der Waals surface area contributed by atoms with Crippen molar-refractivity contribution in [3.63, 3.8) is 0 Å². The van der Waals surface area contributed by atoms with Crippen molar-refractivity contribution in [2.24, 2.45) is 5.73 Å². The summed E-state index contributed by atoms with van der Waals surface area (Å²) >= 11 is 0. The molecule has 136 valence electrons. The van der Waals surface area contributed by atoms with Crippen LogP contribution in [0.5, 0.6) is 0 Å². The van der Waals surface area contributed by atoms with Gasteiger partial charge in [-0.3, -0.25) is 10.2 Å². The summed E-state index contributed by atoms with van der Waals surface area (Å²) in [5.74, 6) is -0.208. The van der Waals surface area contributed by atoms with E-state index in [0.29, 0.717) is 24.2 Å². The van der Waals surface area contributed by atoms with E-state index in [4.69, 9.17) is 11.1 Å². The lowest BCUT2D eigenvalue weighted by molar-refractivity contribution is 0.0698. The minimum absolute atomic E-state index is 0.0521. The highest BCUT2D eigenvalue weighted by molar-refractivity contribution is 7.89. The molecule has 0 bridgehead atoms. The van der Waals surface area contributed by atoms with Crippen LogP contribution in [0.4, 0.5) is 0 Å². The lowest BCUT2D eigenvalue weighted by Crippen LogP contribution is -2.50. The molecule has 1 amide bonds. The first kappa shape index (κ1) is 18.1. The van der Waals surface area contributed by atoms with Gasteiger partial charge in [0.2, 0.25) is 10.0 Å². The number of amides is 1. The molecule has 1 saturated heterocycles. The summed E-state index contributed by atoms with van der Waals surface area (Å²) in [4.78, 5) is 14.5. The number of hydrogen-bond donors (Lipinski definition) is 2. The molecule has 1 heterocycles. The van der Waals surface area contributed by atoms with E-state index >= 15 is 0 Å². The number of carbonyl (C=O) groups excluding carboxylic acids is 1. The summed E-state index contributed by atoms with van der Waals surface area (Å²) in [6.07, 6.45) is 0. The molecule has 2 aromatic carbocycles. The van der Waals surface area contributed by atoms with Crippen LogP contribution >= 0.6 is 0 Å². The van der Waals surface area contributed by atoms with Crippen LogP contribution in [0.3, 0.4) is 0 Å². The summed E-state index contributed by atoms with van der Waals surface area (Å²) in [6, 6.07) is 14.8. The van der Waals surface area contributed by atoms with E-state index in [0.717, 1.165) is 0 Å². The third kappa shape index (κ3) is 3.61. The number of amidine groups is 1. The van der Waals surface area contributed by atoms with Gasteiger partial charge < -0.3 is 10.6 Å². The van der Waals surface area contributed by atoms with Crippen molar-refractivity contribution in [1.82, 2.24) is 9.21 Å². The number of benzene rings is 2. The lowest BCUT2D eigenvalue weighted by Gasteiger charge is -2.34. The quantitative estimate of drug-likeness (QED) is 0.619. The van der Waals surface area contributed by atoms with Crippen molar-refractivity contribution in [2.75, 3.05) is 26.2 Å². The minimum atomic E-state index is -3.53. The topological polar surface area (TPSA) is 108 Å². The molecule has 1 aliphatic rings. The van der Waals surface area contributed by atoms with Crippen LogP contribution in [0.1, 0.15) is 15.9 Å². The van der Waals surface area contributed by atoms with E-state index < -0.39 is 10.0 Å². The zero-order chi connectivity index (χ0) is 18.7. The first-order chi connectivity index (χ1) is 12.4.